The Morgan fingerprint density at radius 3 is 2.64 bits per heavy atom. The molecule has 1 amide bonds. The van der Waals surface area contributed by atoms with Crippen molar-refractivity contribution in [2.45, 2.75) is 32.1 Å². The first-order valence-corrected chi connectivity index (χ1v) is 7.77. The number of hydrogen-bond acceptors (Lipinski definition) is 3. The summed E-state index contributed by atoms with van der Waals surface area (Å²) in [7, 11) is 0. The topological polar surface area (TPSA) is 57.6 Å². The molecule has 1 aromatic rings. The largest absolute Gasteiger partial charge is 0.396 e. The van der Waals surface area contributed by atoms with Gasteiger partial charge in [0.05, 0.1) is 0 Å². The Kier molecular flexibility index (Phi) is 6.07. The number of nitrogens with zero attached hydrogens (tertiary/aromatic N) is 1. The van der Waals surface area contributed by atoms with Crippen LogP contribution in [0.25, 0.3) is 0 Å². The van der Waals surface area contributed by atoms with Gasteiger partial charge in [0.1, 0.15) is 5.82 Å². The molecule has 2 rings (SSSR count). The Bertz CT molecular complexity index is 515. The SMILES string of the molecule is O=C(CCCC(=O)N1CCCC(CO)C1)c1ccc(F)cc1. The van der Waals surface area contributed by atoms with Gasteiger partial charge in [-0.1, -0.05) is 0 Å². The molecule has 1 atom stereocenters. The van der Waals surface area contributed by atoms with Gasteiger partial charge < -0.3 is 10.0 Å². The molecule has 22 heavy (non-hydrogen) atoms. The second kappa shape index (κ2) is 8.03. The molecule has 120 valence electrons. The molecular weight excluding hydrogens is 285 g/mol. The van der Waals surface area contributed by atoms with Crippen LogP contribution in [0.15, 0.2) is 24.3 Å². The summed E-state index contributed by atoms with van der Waals surface area (Å²) in [6.07, 6.45) is 3.00. The van der Waals surface area contributed by atoms with E-state index in [2.05, 4.69) is 0 Å². The molecule has 1 heterocycles. The Morgan fingerprint density at radius 1 is 1.23 bits per heavy atom. The van der Waals surface area contributed by atoms with Crippen molar-refractivity contribution in [3.05, 3.63) is 35.6 Å². The highest BCUT2D eigenvalue weighted by Crippen LogP contribution is 2.17. The Hall–Kier alpha value is -1.75. The number of ketones is 1. The second-order valence-corrected chi connectivity index (χ2v) is 5.81. The number of likely N-dealkylation sites (tertiary alicyclic amines) is 1. The third kappa shape index (κ3) is 4.63. The van der Waals surface area contributed by atoms with Crippen molar-refractivity contribution in [1.29, 1.82) is 0 Å². The van der Waals surface area contributed by atoms with Gasteiger partial charge in [-0.05, 0) is 49.4 Å². The minimum Gasteiger partial charge on any atom is -0.396 e. The van der Waals surface area contributed by atoms with Gasteiger partial charge in [-0.3, -0.25) is 9.59 Å². The van der Waals surface area contributed by atoms with Crippen molar-refractivity contribution in [2.24, 2.45) is 5.92 Å². The third-order valence-electron chi connectivity index (χ3n) is 4.09. The van der Waals surface area contributed by atoms with Gasteiger partial charge in [0, 0.05) is 38.1 Å². The molecule has 0 saturated carbocycles. The van der Waals surface area contributed by atoms with Crippen LogP contribution in [0.1, 0.15) is 42.5 Å². The lowest BCUT2D eigenvalue weighted by Gasteiger charge is -2.31. The summed E-state index contributed by atoms with van der Waals surface area (Å²) in [4.78, 5) is 25.8. The molecule has 1 saturated heterocycles. The van der Waals surface area contributed by atoms with Crippen molar-refractivity contribution in [3.63, 3.8) is 0 Å². The van der Waals surface area contributed by atoms with E-state index in [1.54, 1.807) is 4.90 Å². The zero-order valence-electron chi connectivity index (χ0n) is 12.6. The first-order chi connectivity index (χ1) is 10.6. The molecule has 1 fully saturated rings. The molecule has 0 aliphatic carbocycles. The molecule has 5 heteroatoms. The number of benzene rings is 1. The summed E-state index contributed by atoms with van der Waals surface area (Å²) in [6, 6.07) is 5.47. The van der Waals surface area contributed by atoms with E-state index in [4.69, 9.17) is 0 Å². The predicted molar refractivity (Wildman–Crippen MR) is 81.0 cm³/mol. The molecule has 0 radical (unpaired) electrons. The normalized spacial score (nSPS) is 18.3. The van der Waals surface area contributed by atoms with Gasteiger partial charge in [-0.2, -0.15) is 0 Å². The number of carbonyl (C=O) groups excluding carboxylic acids is 2. The number of carbonyl (C=O) groups is 2. The van der Waals surface area contributed by atoms with Crippen molar-refractivity contribution >= 4 is 11.7 Å². The molecule has 1 N–H and O–H groups in total. The lowest BCUT2D eigenvalue weighted by atomic mass is 9.98. The number of halogens is 1. The number of rotatable bonds is 6. The van der Waals surface area contributed by atoms with Crippen LogP contribution in [-0.4, -0.2) is 41.4 Å². The van der Waals surface area contributed by atoms with Crippen molar-refractivity contribution < 1.29 is 19.1 Å². The van der Waals surface area contributed by atoms with E-state index < -0.39 is 0 Å². The standard InChI is InChI=1S/C17H22FNO3/c18-15-8-6-14(7-9-15)16(21)4-1-5-17(22)19-10-2-3-13(11-19)12-20/h6-9,13,20H,1-5,10-12H2. The average Bonchev–Trinajstić information content (AvgIpc) is 2.55. The summed E-state index contributed by atoms with van der Waals surface area (Å²) in [5.41, 5.74) is 0.479. The van der Waals surface area contributed by atoms with Crippen LogP contribution in [0.4, 0.5) is 4.39 Å². The Labute approximate surface area is 129 Å². The van der Waals surface area contributed by atoms with Crippen LogP contribution in [0.5, 0.6) is 0 Å². The quantitative estimate of drug-likeness (QED) is 0.821. The van der Waals surface area contributed by atoms with E-state index in [9.17, 15) is 19.1 Å². The molecule has 1 aromatic carbocycles. The van der Waals surface area contributed by atoms with Crippen LogP contribution >= 0.6 is 0 Å². The number of aliphatic hydroxyl groups is 1. The number of hydrogen-bond donors (Lipinski definition) is 1. The van der Waals surface area contributed by atoms with Crippen molar-refractivity contribution in [2.75, 3.05) is 19.7 Å². The highest BCUT2D eigenvalue weighted by atomic mass is 19.1. The Balaban J connectivity index is 1.74. The molecule has 0 spiro atoms. The first kappa shape index (κ1) is 16.6. The smallest absolute Gasteiger partial charge is 0.222 e. The molecule has 1 aliphatic heterocycles. The minimum absolute atomic E-state index is 0.0463. The number of piperidine rings is 1. The molecule has 1 aliphatic rings. The van der Waals surface area contributed by atoms with Gasteiger partial charge >= 0.3 is 0 Å². The summed E-state index contributed by atoms with van der Waals surface area (Å²) in [5.74, 6) is -0.210. The van der Waals surface area contributed by atoms with Gasteiger partial charge in [0.15, 0.2) is 5.78 Å². The molecule has 0 aromatic heterocycles. The van der Waals surface area contributed by atoms with E-state index in [0.717, 1.165) is 19.4 Å². The lowest BCUT2D eigenvalue weighted by molar-refractivity contribution is -0.133. The van der Waals surface area contributed by atoms with Crippen LogP contribution in [-0.2, 0) is 4.79 Å². The van der Waals surface area contributed by atoms with E-state index in [-0.39, 0.29) is 36.5 Å². The highest BCUT2D eigenvalue weighted by molar-refractivity contribution is 5.96. The van der Waals surface area contributed by atoms with E-state index in [0.29, 0.717) is 24.9 Å². The predicted octanol–water partition coefficient (Wildman–Crippen LogP) is 2.41. The fourth-order valence-electron chi connectivity index (χ4n) is 2.78. The van der Waals surface area contributed by atoms with Crippen LogP contribution in [0.3, 0.4) is 0 Å². The van der Waals surface area contributed by atoms with Gasteiger partial charge in [-0.15, -0.1) is 0 Å². The maximum Gasteiger partial charge on any atom is 0.222 e. The maximum atomic E-state index is 12.8. The van der Waals surface area contributed by atoms with Gasteiger partial charge in [0.2, 0.25) is 5.91 Å². The van der Waals surface area contributed by atoms with Crippen LogP contribution in [0.2, 0.25) is 0 Å². The van der Waals surface area contributed by atoms with E-state index in [1.807, 2.05) is 0 Å². The minimum atomic E-state index is -0.365. The summed E-state index contributed by atoms with van der Waals surface area (Å²) in [6.45, 7) is 1.47. The second-order valence-electron chi connectivity index (χ2n) is 5.81. The van der Waals surface area contributed by atoms with Crippen molar-refractivity contribution in [3.8, 4) is 0 Å². The number of Topliss-reactive ketones (excluding diaryl/α,β-unsaturated/α-hetero) is 1. The monoisotopic (exact) mass is 307 g/mol. The van der Waals surface area contributed by atoms with E-state index in [1.165, 1.54) is 24.3 Å². The maximum absolute atomic E-state index is 12.8. The zero-order valence-corrected chi connectivity index (χ0v) is 12.6. The molecule has 4 nitrogen and oxygen atoms in total. The van der Waals surface area contributed by atoms with Gasteiger partial charge in [-0.25, -0.2) is 4.39 Å². The Morgan fingerprint density at radius 2 is 1.95 bits per heavy atom. The average molecular weight is 307 g/mol. The first-order valence-electron chi connectivity index (χ1n) is 7.77. The summed E-state index contributed by atoms with van der Waals surface area (Å²) < 4.78 is 12.8. The summed E-state index contributed by atoms with van der Waals surface area (Å²) in [5, 5.41) is 9.18. The molecular formula is C17H22FNO3. The fraction of sp³-hybridized carbons (Fsp3) is 0.529. The zero-order chi connectivity index (χ0) is 15.9. The third-order valence-corrected chi connectivity index (χ3v) is 4.09. The number of amides is 1. The number of aliphatic hydroxyl groups excluding tert-OH is 1. The van der Waals surface area contributed by atoms with E-state index >= 15 is 0 Å². The lowest BCUT2D eigenvalue weighted by Crippen LogP contribution is -2.40. The van der Waals surface area contributed by atoms with Gasteiger partial charge in [0.25, 0.3) is 0 Å². The fourth-order valence-corrected chi connectivity index (χ4v) is 2.78. The molecule has 0 bridgehead atoms. The van der Waals surface area contributed by atoms with Crippen molar-refractivity contribution in [1.82, 2.24) is 4.90 Å². The molecule has 1 unspecified atom stereocenters. The van der Waals surface area contributed by atoms with Crippen LogP contribution in [0, 0.1) is 11.7 Å². The highest BCUT2D eigenvalue weighted by Gasteiger charge is 2.22. The summed E-state index contributed by atoms with van der Waals surface area (Å²) >= 11 is 0. The van der Waals surface area contributed by atoms with Crippen LogP contribution < -0.4 is 0 Å².